The van der Waals surface area contributed by atoms with Gasteiger partial charge in [-0.25, -0.2) is 0 Å². The van der Waals surface area contributed by atoms with Crippen LogP contribution in [0.2, 0.25) is 0 Å². The fourth-order valence-electron chi connectivity index (χ4n) is 4.08. The lowest BCUT2D eigenvalue weighted by atomic mass is 9.83. The van der Waals surface area contributed by atoms with Crippen LogP contribution in [0.5, 0.6) is 0 Å². The van der Waals surface area contributed by atoms with Crippen LogP contribution in [0.3, 0.4) is 0 Å². The number of benzene rings is 1. The number of nitriles is 1. The number of aromatic nitrogens is 1. The molecule has 1 saturated heterocycles. The van der Waals surface area contributed by atoms with Crippen molar-refractivity contribution in [2.24, 2.45) is 5.92 Å². The Hall–Kier alpha value is -2.68. The average molecular weight is 361 g/mol. The summed E-state index contributed by atoms with van der Waals surface area (Å²) >= 11 is 0. The highest BCUT2D eigenvalue weighted by atomic mass is 16.5. The quantitative estimate of drug-likeness (QED) is 0.833. The Balaban J connectivity index is 1.79. The van der Waals surface area contributed by atoms with Crippen molar-refractivity contribution in [3.05, 3.63) is 65.6 Å². The van der Waals surface area contributed by atoms with Gasteiger partial charge in [0.1, 0.15) is 11.8 Å². The van der Waals surface area contributed by atoms with E-state index < -0.39 is 0 Å². The van der Waals surface area contributed by atoms with Gasteiger partial charge in [0, 0.05) is 36.6 Å². The van der Waals surface area contributed by atoms with E-state index in [1.54, 1.807) is 13.3 Å². The number of ether oxygens (including phenoxy) is 2. The van der Waals surface area contributed by atoms with Gasteiger partial charge in [-0.05, 0) is 30.2 Å². The first-order chi connectivity index (χ1) is 13.3. The number of hydrogen-bond donors (Lipinski definition) is 0. The second-order valence-corrected chi connectivity index (χ2v) is 6.88. The SMILES string of the molecule is COC1=CCC(C(c2ccc3cccnc3c2C#N)N2CCOCC2)C=C1. The fraction of sp³-hybridized carbons (Fsp3) is 0.364. The molecule has 27 heavy (non-hydrogen) atoms. The van der Waals surface area contributed by atoms with E-state index in [9.17, 15) is 5.26 Å². The molecule has 0 spiro atoms. The average Bonchev–Trinajstić information content (AvgIpc) is 2.75. The lowest BCUT2D eigenvalue weighted by molar-refractivity contribution is 0.00663. The number of hydrogen-bond acceptors (Lipinski definition) is 5. The Bertz CT molecular complexity index is 923. The minimum Gasteiger partial charge on any atom is -0.497 e. The van der Waals surface area contributed by atoms with E-state index in [0.29, 0.717) is 5.56 Å². The Morgan fingerprint density at radius 3 is 2.85 bits per heavy atom. The summed E-state index contributed by atoms with van der Waals surface area (Å²) in [6.07, 6.45) is 9.01. The molecule has 0 amide bonds. The number of fused-ring (bicyclic) bond motifs is 1. The molecule has 2 aromatic rings. The molecule has 5 heteroatoms. The van der Waals surface area contributed by atoms with Gasteiger partial charge in [0.25, 0.3) is 0 Å². The molecule has 1 aromatic heterocycles. The van der Waals surface area contributed by atoms with Crippen LogP contribution >= 0.6 is 0 Å². The van der Waals surface area contributed by atoms with E-state index in [0.717, 1.165) is 54.9 Å². The lowest BCUT2D eigenvalue weighted by Gasteiger charge is -2.39. The third-order valence-electron chi connectivity index (χ3n) is 5.42. The molecule has 4 rings (SSSR count). The smallest absolute Gasteiger partial charge is 0.114 e. The molecule has 0 saturated carbocycles. The third-order valence-corrected chi connectivity index (χ3v) is 5.42. The van der Waals surface area contributed by atoms with Crippen molar-refractivity contribution in [3.8, 4) is 6.07 Å². The summed E-state index contributed by atoms with van der Waals surface area (Å²) in [4.78, 5) is 6.93. The zero-order valence-corrected chi connectivity index (χ0v) is 15.5. The van der Waals surface area contributed by atoms with Gasteiger partial charge in [-0.1, -0.05) is 24.3 Å². The number of rotatable bonds is 4. The van der Waals surface area contributed by atoms with Gasteiger partial charge in [-0.2, -0.15) is 5.26 Å². The Morgan fingerprint density at radius 1 is 1.30 bits per heavy atom. The number of allylic oxidation sites excluding steroid dienone is 2. The summed E-state index contributed by atoms with van der Waals surface area (Å²) in [6.45, 7) is 3.17. The van der Waals surface area contributed by atoms with Crippen molar-refractivity contribution in [1.29, 1.82) is 5.26 Å². The molecule has 1 aliphatic heterocycles. The zero-order valence-electron chi connectivity index (χ0n) is 15.5. The van der Waals surface area contributed by atoms with Gasteiger partial charge < -0.3 is 9.47 Å². The predicted octanol–water partition coefficient (Wildman–Crippen LogP) is 3.59. The van der Waals surface area contributed by atoms with Crippen LogP contribution in [0, 0.1) is 17.2 Å². The van der Waals surface area contributed by atoms with Crippen molar-refractivity contribution < 1.29 is 9.47 Å². The van der Waals surface area contributed by atoms with Crippen molar-refractivity contribution in [1.82, 2.24) is 9.88 Å². The lowest BCUT2D eigenvalue weighted by Crippen LogP contribution is -2.42. The minimum atomic E-state index is 0.112. The van der Waals surface area contributed by atoms with Gasteiger partial charge in [-0.3, -0.25) is 9.88 Å². The van der Waals surface area contributed by atoms with E-state index in [4.69, 9.17) is 9.47 Å². The van der Waals surface area contributed by atoms with Gasteiger partial charge in [0.05, 0.1) is 31.4 Å². The topological polar surface area (TPSA) is 58.4 Å². The second-order valence-electron chi connectivity index (χ2n) is 6.88. The molecule has 2 heterocycles. The zero-order chi connectivity index (χ0) is 18.6. The number of nitrogens with zero attached hydrogens (tertiary/aromatic N) is 3. The van der Waals surface area contributed by atoms with Crippen molar-refractivity contribution >= 4 is 10.9 Å². The first-order valence-corrected chi connectivity index (χ1v) is 9.33. The maximum atomic E-state index is 9.96. The Labute approximate surface area is 159 Å². The Morgan fingerprint density at radius 2 is 2.15 bits per heavy atom. The summed E-state index contributed by atoms with van der Waals surface area (Å²) in [7, 11) is 1.69. The molecular formula is C22H23N3O2. The van der Waals surface area contributed by atoms with Crippen molar-refractivity contribution in [2.75, 3.05) is 33.4 Å². The van der Waals surface area contributed by atoms with E-state index in [-0.39, 0.29) is 12.0 Å². The molecule has 2 aliphatic rings. The van der Waals surface area contributed by atoms with E-state index in [1.165, 1.54) is 0 Å². The fourth-order valence-corrected chi connectivity index (χ4v) is 4.08. The summed E-state index contributed by atoms with van der Waals surface area (Å²) in [5.74, 6) is 1.17. The van der Waals surface area contributed by atoms with Crippen LogP contribution in [0.4, 0.5) is 0 Å². The summed E-state index contributed by atoms with van der Waals surface area (Å²) in [6, 6.07) is 10.6. The molecular weight excluding hydrogens is 338 g/mol. The molecule has 1 aromatic carbocycles. The highest BCUT2D eigenvalue weighted by Gasteiger charge is 2.32. The maximum absolute atomic E-state index is 9.96. The monoisotopic (exact) mass is 361 g/mol. The van der Waals surface area contributed by atoms with Gasteiger partial charge in [0.2, 0.25) is 0 Å². The van der Waals surface area contributed by atoms with Crippen LogP contribution in [-0.4, -0.2) is 43.3 Å². The standard InChI is InChI=1S/C22H23N3O2/c1-26-18-7-4-17(5-8-18)22(25-11-13-27-14-12-25)19-9-6-16-3-2-10-24-21(16)20(19)15-23/h2-4,6-10,17,22H,5,11-14H2,1H3. The molecule has 2 unspecified atom stereocenters. The summed E-state index contributed by atoms with van der Waals surface area (Å²) < 4.78 is 10.9. The Kier molecular flexibility index (Phi) is 5.19. The first-order valence-electron chi connectivity index (χ1n) is 9.33. The van der Waals surface area contributed by atoms with Gasteiger partial charge >= 0.3 is 0 Å². The minimum absolute atomic E-state index is 0.112. The number of pyridine rings is 1. The summed E-state index contributed by atoms with van der Waals surface area (Å²) in [5.41, 5.74) is 2.51. The van der Waals surface area contributed by atoms with Crippen LogP contribution < -0.4 is 0 Å². The largest absolute Gasteiger partial charge is 0.497 e. The highest BCUT2D eigenvalue weighted by Crippen LogP contribution is 2.38. The van der Waals surface area contributed by atoms with Gasteiger partial charge in [0.15, 0.2) is 0 Å². The third kappa shape index (κ3) is 3.46. The first kappa shape index (κ1) is 17.7. The number of morpholine rings is 1. The van der Waals surface area contributed by atoms with Crippen molar-refractivity contribution in [2.45, 2.75) is 12.5 Å². The van der Waals surface area contributed by atoms with E-state index >= 15 is 0 Å². The molecule has 138 valence electrons. The van der Waals surface area contributed by atoms with E-state index in [2.05, 4.69) is 40.2 Å². The van der Waals surface area contributed by atoms with Crippen molar-refractivity contribution in [3.63, 3.8) is 0 Å². The summed E-state index contributed by atoms with van der Waals surface area (Å²) in [5, 5.41) is 11.0. The van der Waals surface area contributed by atoms with E-state index in [1.807, 2.05) is 18.2 Å². The number of methoxy groups -OCH3 is 1. The highest BCUT2D eigenvalue weighted by molar-refractivity contribution is 5.85. The second kappa shape index (κ2) is 7.91. The molecule has 0 N–H and O–H groups in total. The molecule has 2 atom stereocenters. The van der Waals surface area contributed by atoms with Crippen LogP contribution in [0.1, 0.15) is 23.6 Å². The van der Waals surface area contributed by atoms with Gasteiger partial charge in [-0.15, -0.1) is 0 Å². The van der Waals surface area contributed by atoms with Crippen LogP contribution in [-0.2, 0) is 9.47 Å². The molecule has 5 nitrogen and oxygen atoms in total. The van der Waals surface area contributed by atoms with Crippen LogP contribution in [0.25, 0.3) is 10.9 Å². The van der Waals surface area contributed by atoms with Crippen LogP contribution in [0.15, 0.2) is 54.4 Å². The predicted molar refractivity (Wildman–Crippen MR) is 104 cm³/mol. The molecule has 1 aliphatic carbocycles. The molecule has 0 bridgehead atoms. The molecule has 0 radical (unpaired) electrons. The maximum Gasteiger partial charge on any atom is 0.114 e. The molecule has 1 fully saturated rings. The normalized spacial score (nSPS) is 21.5.